The minimum absolute atomic E-state index is 0.0162. The van der Waals surface area contributed by atoms with Gasteiger partial charge in [-0.3, -0.25) is 4.79 Å². The van der Waals surface area contributed by atoms with Gasteiger partial charge in [-0.25, -0.2) is 0 Å². The molecule has 0 spiro atoms. The Kier molecular flexibility index (Phi) is 4.23. The van der Waals surface area contributed by atoms with Crippen molar-refractivity contribution >= 4 is 22.6 Å². The number of halogens is 3. The van der Waals surface area contributed by atoms with E-state index in [1.807, 2.05) is 0 Å². The molecule has 1 aromatic heterocycles. The predicted octanol–water partition coefficient (Wildman–Crippen LogP) is 2.03. The molecule has 0 unspecified atom stereocenters. The highest BCUT2D eigenvalue weighted by Crippen LogP contribution is 2.28. The molecule has 2 rings (SSSR count). The second-order valence-electron chi connectivity index (χ2n) is 4.29. The standard InChI is InChI=1S/C10H13F3N4OS/c11-10(12,13)8-16-9(19-17-8)14-5-1-2-7(18)15-6-3-4-6/h6H,1-5H2,(H,15,18)(H,14,16,17). The Hall–Kier alpha value is -1.38. The molecule has 0 atom stereocenters. The largest absolute Gasteiger partial charge is 0.452 e. The van der Waals surface area contributed by atoms with Crippen LogP contribution in [0.1, 0.15) is 31.5 Å². The number of rotatable bonds is 6. The van der Waals surface area contributed by atoms with Crippen LogP contribution in [-0.4, -0.2) is 27.9 Å². The molecule has 2 N–H and O–H groups in total. The van der Waals surface area contributed by atoms with Gasteiger partial charge in [0.05, 0.1) is 0 Å². The molecule has 1 amide bonds. The summed E-state index contributed by atoms with van der Waals surface area (Å²) in [5, 5.41) is 5.68. The van der Waals surface area contributed by atoms with Crippen LogP contribution in [0.5, 0.6) is 0 Å². The van der Waals surface area contributed by atoms with Crippen molar-refractivity contribution in [3.63, 3.8) is 0 Å². The fourth-order valence-corrected chi connectivity index (χ4v) is 1.99. The van der Waals surface area contributed by atoms with E-state index in [2.05, 4.69) is 20.0 Å². The Bertz CT molecular complexity index is 444. The van der Waals surface area contributed by atoms with Crippen molar-refractivity contribution in [2.45, 2.75) is 37.9 Å². The number of hydrogen-bond donors (Lipinski definition) is 2. The predicted molar refractivity (Wildman–Crippen MR) is 63.8 cm³/mol. The topological polar surface area (TPSA) is 66.9 Å². The van der Waals surface area contributed by atoms with Crippen molar-refractivity contribution in [2.75, 3.05) is 11.9 Å². The van der Waals surface area contributed by atoms with E-state index in [9.17, 15) is 18.0 Å². The van der Waals surface area contributed by atoms with Crippen molar-refractivity contribution in [1.82, 2.24) is 14.7 Å². The summed E-state index contributed by atoms with van der Waals surface area (Å²) in [6, 6.07) is 0.331. The van der Waals surface area contributed by atoms with Gasteiger partial charge in [0, 0.05) is 30.5 Å². The number of aromatic nitrogens is 2. The number of carbonyl (C=O) groups excluding carboxylic acids is 1. The number of anilines is 1. The van der Waals surface area contributed by atoms with Gasteiger partial charge in [-0.05, 0) is 19.3 Å². The Labute approximate surface area is 111 Å². The average molecular weight is 294 g/mol. The van der Waals surface area contributed by atoms with Crippen molar-refractivity contribution in [1.29, 1.82) is 0 Å². The Morgan fingerprint density at radius 1 is 1.42 bits per heavy atom. The molecule has 1 aliphatic rings. The van der Waals surface area contributed by atoms with E-state index in [1.165, 1.54) is 0 Å². The van der Waals surface area contributed by atoms with Crippen LogP contribution in [0.4, 0.5) is 18.3 Å². The SMILES string of the molecule is O=C(CCCNc1nc(C(F)(F)F)ns1)NC1CC1. The zero-order valence-corrected chi connectivity index (χ0v) is 10.8. The van der Waals surface area contributed by atoms with Crippen molar-refractivity contribution in [3.05, 3.63) is 5.82 Å². The van der Waals surface area contributed by atoms with Gasteiger partial charge in [0.2, 0.25) is 16.9 Å². The third kappa shape index (κ3) is 4.66. The maximum Gasteiger partial charge on any atom is 0.452 e. The van der Waals surface area contributed by atoms with Gasteiger partial charge in [-0.15, -0.1) is 0 Å². The van der Waals surface area contributed by atoms with Crippen LogP contribution in [0.15, 0.2) is 0 Å². The van der Waals surface area contributed by atoms with Crippen molar-refractivity contribution in [2.24, 2.45) is 0 Å². The van der Waals surface area contributed by atoms with Crippen LogP contribution in [-0.2, 0) is 11.0 Å². The maximum absolute atomic E-state index is 12.2. The van der Waals surface area contributed by atoms with Crippen molar-refractivity contribution < 1.29 is 18.0 Å². The summed E-state index contributed by atoms with van der Waals surface area (Å²) in [5.41, 5.74) is 0. The second-order valence-corrected chi connectivity index (χ2v) is 5.04. The summed E-state index contributed by atoms with van der Waals surface area (Å²) in [5.74, 6) is -1.15. The number of hydrogen-bond acceptors (Lipinski definition) is 5. The Balaban J connectivity index is 1.65. The van der Waals surface area contributed by atoms with Crippen LogP contribution < -0.4 is 10.6 Å². The fourth-order valence-electron chi connectivity index (χ4n) is 1.38. The number of carbonyl (C=O) groups is 1. The summed E-state index contributed by atoms with van der Waals surface area (Å²) in [6.07, 6.45) is -1.54. The molecule has 9 heteroatoms. The number of nitrogens with one attached hydrogen (secondary N) is 2. The molecule has 1 heterocycles. The van der Waals surface area contributed by atoms with Gasteiger partial charge >= 0.3 is 6.18 Å². The first-order chi connectivity index (χ1) is 8.95. The molecule has 0 aliphatic heterocycles. The first kappa shape index (κ1) is 14.0. The molecule has 1 fully saturated rings. The third-order valence-corrected chi connectivity index (χ3v) is 3.15. The quantitative estimate of drug-likeness (QED) is 0.788. The van der Waals surface area contributed by atoms with Crippen LogP contribution in [0.3, 0.4) is 0 Å². The molecule has 0 bridgehead atoms. The lowest BCUT2D eigenvalue weighted by atomic mass is 10.3. The highest BCUT2D eigenvalue weighted by atomic mass is 32.1. The summed E-state index contributed by atoms with van der Waals surface area (Å²) in [6.45, 7) is 0.393. The minimum Gasteiger partial charge on any atom is -0.360 e. The summed E-state index contributed by atoms with van der Waals surface area (Å²) in [7, 11) is 0. The number of nitrogens with zero attached hydrogens (tertiary/aromatic N) is 2. The molecule has 0 saturated heterocycles. The Morgan fingerprint density at radius 3 is 2.74 bits per heavy atom. The van der Waals surface area contributed by atoms with Gasteiger partial charge < -0.3 is 10.6 Å². The summed E-state index contributed by atoms with van der Waals surface area (Å²) < 4.78 is 39.9. The monoisotopic (exact) mass is 294 g/mol. The van der Waals surface area contributed by atoms with Gasteiger partial charge in [-0.2, -0.15) is 22.5 Å². The molecular formula is C10H13F3N4OS. The summed E-state index contributed by atoms with van der Waals surface area (Å²) in [4.78, 5) is 14.7. The van der Waals surface area contributed by atoms with E-state index in [0.29, 0.717) is 37.0 Å². The van der Waals surface area contributed by atoms with Crippen LogP contribution in [0, 0.1) is 0 Å². The van der Waals surface area contributed by atoms with Gasteiger partial charge in [-0.1, -0.05) is 0 Å². The Morgan fingerprint density at radius 2 is 2.16 bits per heavy atom. The first-order valence-corrected chi connectivity index (χ1v) is 6.66. The van der Waals surface area contributed by atoms with Crippen LogP contribution in [0.2, 0.25) is 0 Å². The van der Waals surface area contributed by atoms with E-state index in [0.717, 1.165) is 12.8 Å². The second kappa shape index (κ2) is 5.72. The third-order valence-electron chi connectivity index (χ3n) is 2.48. The highest BCUT2D eigenvalue weighted by molar-refractivity contribution is 7.09. The number of alkyl halides is 3. The number of amides is 1. The van der Waals surface area contributed by atoms with E-state index in [-0.39, 0.29) is 11.0 Å². The molecule has 5 nitrogen and oxygen atoms in total. The normalized spacial score (nSPS) is 15.3. The zero-order chi connectivity index (χ0) is 13.9. The smallest absolute Gasteiger partial charge is 0.360 e. The molecular weight excluding hydrogens is 281 g/mol. The van der Waals surface area contributed by atoms with Crippen LogP contribution in [0.25, 0.3) is 0 Å². The minimum atomic E-state index is -4.51. The van der Waals surface area contributed by atoms with Gasteiger partial charge in [0.1, 0.15) is 0 Å². The molecule has 0 aromatic carbocycles. The molecule has 1 saturated carbocycles. The van der Waals surface area contributed by atoms with E-state index < -0.39 is 12.0 Å². The van der Waals surface area contributed by atoms with E-state index in [1.54, 1.807) is 0 Å². The summed E-state index contributed by atoms with van der Waals surface area (Å²) >= 11 is 0.663. The fraction of sp³-hybridized carbons (Fsp3) is 0.700. The van der Waals surface area contributed by atoms with Crippen molar-refractivity contribution in [3.8, 4) is 0 Å². The van der Waals surface area contributed by atoms with Crippen LogP contribution >= 0.6 is 11.5 Å². The molecule has 19 heavy (non-hydrogen) atoms. The van der Waals surface area contributed by atoms with E-state index >= 15 is 0 Å². The first-order valence-electron chi connectivity index (χ1n) is 5.89. The molecule has 1 aliphatic carbocycles. The lowest BCUT2D eigenvalue weighted by molar-refractivity contribution is -0.144. The molecule has 0 radical (unpaired) electrons. The lowest BCUT2D eigenvalue weighted by Gasteiger charge is -2.03. The lowest BCUT2D eigenvalue weighted by Crippen LogP contribution is -2.25. The van der Waals surface area contributed by atoms with Gasteiger partial charge in [0.25, 0.3) is 0 Å². The maximum atomic E-state index is 12.2. The molecule has 1 aromatic rings. The average Bonchev–Trinajstić information content (AvgIpc) is 2.98. The highest BCUT2D eigenvalue weighted by Gasteiger charge is 2.36. The van der Waals surface area contributed by atoms with E-state index in [4.69, 9.17) is 0 Å². The zero-order valence-electron chi connectivity index (χ0n) is 9.96. The molecule has 106 valence electrons. The van der Waals surface area contributed by atoms with Gasteiger partial charge in [0.15, 0.2) is 0 Å².